The molecule has 4 rings (SSSR count). The molecule has 2 aliphatic heterocycles. The maximum Gasteiger partial charge on any atom is 0.255 e. The Morgan fingerprint density at radius 2 is 2.15 bits per heavy atom. The van der Waals surface area contributed by atoms with Gasteiger partial charge in [0.1, 0.15) is 5.60 Å². The summed E-state index contributed by atoms with van der Waals surface area (Å²) in [6, 6.07) is 7.36. The number of amides is 2. The van der Waals surface area contributed by atoms with E-state index in [0.29, 0.717) is 41.3 Å². The Labute approximate surface area is 162 Å². The molecule has 6 nitrogen and oxygen atoms in total. The Morgan fingerprint density at radius 3 is 2.85 bits per heavy atom. The summed E-state index contributed by atoms with van der Waals surface area (Å²) in [7, 11) is 0. The van der Waals surface area contributed by atoms with Crippen molar-refractivity contribution in [1.29, 1.82) is 0 Å². The molecule has 0 bridgehead atoms. The van der Waals surface area contributed by atoms with Crippen molar-refractivity contribution in [2.45, 2.75) is 44.9 Å². The average Bonchev–Trinajstić information content (AvgIpc) is 2.82. The predicted molar refractivity (Wildman–Crippen MR) is 103 cm³/mol. The number of hydrogen-bond donors (Lipinski definition) is 1. The van der Waals surface area contributed by atoms with Crippen LogP contribution in [0.2, 0.25) is 5.02 Å². The Balaban J connectivity index is 1.64. The van der Waals surface area contributed by atoms with Crippen molar-refractivity contribution in [2.24, 2.45) is 0 Å². The third kappa shape index (κ3) is 3.07. The molecule has 1 spiro atoms. The van der Waals surface area contributed by atoms with Crippen molar-refractivity contribution < 1.29 is 14.3 Å². The Hall–Kier alpha value is -2.18. The molecular formula is C20H22ClN3O3. The van der Waals surface area contributed by atoms with Gasteiger partial charge in [-0.15, -0.1) is 0 Å². The molecule has 1 unspecified atom stereocenters. The summed E-state index contributed by atoms with van der Waals surface area (Å²) in [6.45, 7) is 6.26. The van der Waals surface area contributed by atoms with E-state index in [0.717, 1.165) is 11.8 Å². The number of benzene rings is 1. The molecule has 2 amide bonds. The van der Waals surface area contributed by atoms with Crippen LogP contribution in [0.3, 0.4) is 0 Å². The quantitative estimate of drug-likeness (QED) is 0.816. The number of ether oxygens (including phenoxy) is 1. The van der Waals surface area contributed by atoms with E-state index in [-0.39, 0.29) is 11.8 Å². The van der Waals surface area contributed by atoms with Gasteiger partial charge in [-0.2, -0.15) is 0 Å². The van der Waals surface area contributed by atoms with Crippen molar-refractivity contribution in [3.05, 3.63) is 40.5 Å². The number of pyridine rings is 1. The number of fused-ring (bicyclic) bond motifs is 1. The first-order valence-electron chi connectivity index (χ1n) is 9.09. The summed E-state index contributed by atoms with van der Waals surface area (Å²) < 4.78 is 6.03. The smallest absolute Gasteiger partial charge is 0.255 e. The molecule has 1 N–H and O–H groups in total. The minimum Gasteiger partial charge on any atom is -0.338 e. The summed E-state index contributed by atoms with van der Waals surface area (Å²) in [5.41, 5.74) is 0.179. The van der Waals surface area contributed by atoms with Gasteiger partial charge in [0.2, 0.25) is 0 Å². The first-order valence-corrected chi connectivity index (χ1v) is 9.47. The third-order valence-electron chi connectivity index (χ3n) is 5.30. The predicted octanol–water partition coefficient (Wildman–Crippen LogP) is 3.05. The topological polar surface area (TPSA) is 71.5 Å². The van der Waals surface area contributed by atoms with Crippen molar-refractivity contribution >= 4 is 34.3 Å². The van der Waals surface area contributed by atoms with Crippen LogP contribution in [0, 0.1) is 6.92 Å². The number of carbonyl (C=O) groups is 2. The summed E-state index contributed by atoms with van der Waals surface area (Å²) in [6.07, 6.45) is 1.45. The van der Waals surface area contributed by atoms with Gasteiger partial charge < -0.3 is 15.0 Å². The highest BCUT2D eigenvalue weighted by Gasteiger charge is 2.52. The molecular weight excluding hydrogens is 366 g/mol. The summed E-state index contributed by atoms with van der Waals surface area (Å²) in [5.74, 6) is -0.251. The van der Waals surface area contributed by atoms with E-state index in [1.807, 2.05) is 25.1 Å². The van der Waals surface area contributed by atoms with E-state index >= 15 is 0 Å². The summed E-state index contributed by atoms with van der Waals surface area (Å²) in [4.78, 5) is 31.7. The van der Waals surface area contributed by atoms with E-state index < -0.39 is 11.3 Å². The monoisotopic (exact) mass is 387 g/mol. The fourth-order valence-corrected chi connectivity index (χ4v) is 4.16. The van der Waals surface area contributed by atoms with Crippen LogP contribution in [0.15, 0.2) is 24.3 Å². The number of nitrogens with one attached hydrogen (secondary N) is 1. The summed E-state index contributed by atoms with van der Waals surface area (Å²) >= 11 is 6.22. The van der Waals surface area contributed by atoms with E-state index in [2.05, 4.69) is 10.3 Å². The fourth-order valence-electron chi connectivity index (χ4n) is 3.94. The van der Waals surface area contributed by atoms with Gasteiger partial charge in [0.05, 0.1) is 28.3 Å². The summed E-state index contributed by atoms with van der Waals surface area (Å²) in [5, 5.41) is 4.35. The largest absolute Gasteiger partial charge is 0.338 e. The minimum absolute atomic E-state index is 0.108. The lowest BCUT2D eigenvalue weighted by molar-refractivity contribution is -0.138. The van der Waals surface area contributed by atoms with Crippen LogP contribution >= 0.6 is 11.6 Å². The molecule has 0 radical (unpaired) electrons. The van der Waals surface area contributed by atoms with Gasteiger partial charge >= 0.3 is 0 Å². The average molecular weight is 388 g/mol. The van der Waals surface area contributed by atoms with Crippen LogP contribution in [0.5, 0.6) is 0 Å². The lowest BCUT2D eigenvalue weighted by Crippen LogP contribution is -2.57. The lowest BCUT2D eigenvalue weighted by atomic mass is 10.00. The van der Waals surface area contributed by atoms with Crippen LogP contribution in [-0.4, -0.2) is 46.1 Å². The highest BCUT2D eigenvalue weighted by molar-refractivity contribution is 6.35. The lowest BCUT2D eigenvalue weighted by Gasteiger charge is -2.40. The molecule has 7 heteroatoms. The molecule has 2 fully saturated rings. The Bertz CT molecular complexity index is 959. The minimum atomic E-state index is -0.886. The first kappa shape index (κ1) is 18.2. The van der Waals surface area contributed by atoms with Gasteiger partial charge in [0.15, 0.2) is 5.72 Å². The van der Waals surface area contributed by atoms with Crippen molar-refractivity contribution in [1.82, 2.24) is 15.2 Å². The van der Waals surface area contributed by atoms with Gasteiger partial charge in [-0.3, -0.25) is 14.6 Å². The number of likely N-dealkylation sites (tertiary alicyclic amines) is 1. The van der Waals surface area contributed by atoms with Gasteiger partial charge in [0, 0.05) is 11.9 Å². The molecule has 2 saturated heterocycles. The Kier molecular flexibility index (Phi) is 4.16. The molecule has 1 aromatic carbocycles. The van der Waals surface area contributed by atoms with Crippen LogP contribution < -0.4 is 5.32 Å². The molecule has 2 aliphatic rings. The molecule has 0 saturated carbocycles. The maximum atomic E-state index is 13.2. The van der Waals surface area contributed by atoms with E-state index in [9.17, 15) is 9.59 Å². The molecule has 142 valence electrons. The molecule has 3 heterocycles. The molecule has 1 atom stereocenters. The van der Waals surface area contributed by atoms with Crippen molar-refractivity contribution in [3.63, 3.8) is 0 Å². The number of para-hydroxylation sites is 1. The fraction of sp³-hybridized carbons (Fsp3) is 0.450. The number of carbonyl (C=O) groups excluding carboxylic acids is 2. The first-order chi connectivity index (χ1) is 12.7. The van der Waals surface area contributed by atoms with E-state index in [1.165, 1.54) is 0 Å². The second-order valence-corrected chi connectivity index (χ2v) is 8.23. The van der Waals surface area contributed by atoms with Gasteiger partial charge in [-0.25, -0.2) is 0 Å². The third-order valence-corrected chi connectivity index (χ3v) is 5.60. The zero-order chi connectivity index (χ0) is 19.4. The van der Waals surface area contributed by atoms with Gasteiger partial charge in [-0.05, 0) is 45.7 Å². The number of rotatable bonds is 1. The van der Waals surface area contributed by atoms with E-state index in [4.69, 9.17) is 16.3 Å². The maximum absolute atomic E-state index is 13.2. The number of aryl methyl sites for hydroxylation is 1. The van der Waals surface area contributed by atoms with Gasteiger partial charge in [-0.1, -0.05) is 23.7 Å². The zero-order valence-electron chi connectivity index (χ0n) is 15.6. The van der Waals surface area contributed by atoms with Crippen LogP contribution in [0.4, 0.5) is 0 Å². The molecule has 0 aliphatic carbocycles. The van der Waals surface area contributed by atoms with Crippen LogP contribution in [-0.2, 0) is 9.53 Å². The second-order valence-electron chi connectivity index (χ2n) is 7.82. The van der Waals surface area contributed by atoms with Crippen LogP contribution in [0.1, 0.15) is 42.7 Å². The standard InChI is InChI=1S/C20H22ClN3O3/c1-12-14(10-13-6-4-7-15(21)16(13)22-12)17(25)24-9-5-8-20(11-24)23-18(26)19(2,3)27-20/h4,6-7,10H,5,8-9,11H2,1-3H3,(H,23,26). The van der Waals surface area contributed by atoms with Crippen molar-refractivity contribution in [2.75, 3.05) is 13.1 Å². The van der Waals surface area contributed by atoms with Gasteiger partial charge in [0.25, 0.3) is 11.8 Å². The molecule has 27 heavy (non-hydrogen) atoms. The SMILES string of the molecule is Cc1nc2c(Cl)cccc2cc1C(=O)N1CCCC2(C1)NC(=O)C(C)(C)O2. The Morgan fingerprint density at radius 1 is 1.37 bits per heavy atom. The van der Waals surface area contributed by atoms with Crippen molar-refractivity contribution in [3.8, 4) is 0 Å². The molecule has 2 aromatic rings. The number of nitrogens with zero attached hydrogens (tertiary/aromatic N) is 2. The number of halogens is 1. The normalized spacial score (nSPS) is 24.4. The number of hydrogen-bond acceptors (Lipinski definition) is 4. The van der Waals surface area contributed by atoms with Crippen LogP contribution in [0.25, 0.3) is 10.9 Å². The second kappa shape index (κ2) is 6.17. The number of piperidine rings is 1. The zero-order valence-corrected chi connectivity index (χ0v) is 16.4. The number of aromatic nitrogens is 1. The molecule has 1 aromatic heterocycles. The highest BCUT2D eigenvalue weighted by Crippen LogP contribution is 2.34. The van der Waals surface area contributed by atoms with E-state index in [1.54, 1.807) is 24.8 Å². The highest BCUT2D eigenvalue weighted by atomic mass is 35.5.